The van der Waals surface area contributed by atoms with Crippen molar-refractivity contribution in [2.75, 3.05) is 13.6 Å². The van der Waals surface area contributed by atoms with Crippen LogP contribution in [0.25, 0.3) is 0 Å². The van der Waals surface area contributed by atoms with Crippen molar-refractivity contribution in [3.05, 3.63) is 12.4 Å². The van der Waals surface area contributed by atoms with Gasteiger partial charge in [0.15, 0.2) is 0 Å². The van der Waals surface area contributed by atoms with Crippen LogP contribution in [0.1, 0.15) is 13.8 Å². The fourth-order valence-electron chi connectivity index (χ4n) is 1.57. The smallest absolute Gasteiger partial charge is 0.244 e. The van der Waals surface area contributed by atoms with Crippen LogP contribution < -0.4 is 10.5 Å². The summed E-state index contributed by atoms with van der Waals surface area (Å²) in [6.45, 7) is 3.60. The van der Waals surface area contributed by atoms with E-state index in [1.165, 1.54) is 28.9 Å². The van der Waals surface area contributed by atoms with Crippen molar-refractivity contribution in [3.63, 3.8) is 0 Å². The lowest BCUT2D eigenvalue weighted by Crippen LogP contribution is -2.49. The van der Waals surface area contributed by atoms with Crippen LogP contribution >= 0.6 is 0 Å². The Bertz CT molecular complexity index is 568. The van der Waals surface area contributed by atoms with E-state index in [0.717, 1.165) is 0 Å². The second kappa shape index (κ2) is 6.33. The van der Waals surface area contributed by atoms with Gasteiger partial charge in [0, 0.05) is 32.9 Å². The van der Waals surface area contributed by atoms with Gasteiger partial charge in [-0.25, -0.2) is 8.42 Å². The van der Waals surface area contributed by atoms with E-state index < -0.39 is 16.1 Å². The van der Waals surface area contributed by atoms with Gasteiger partial charge in [0.1, 0.15) is 4.90 Å². The molecule has 3 N–H and O–H groups in total. The first-order valence-electron chi connectivity index (χ1n) is 6.16. The number of nitrogens with one attached hydrogen (secondary N) is 1. The number of amides is 1. The molecule has 0 aromatic carbocycles. The summed E-state index contributed by atoms with van der Waals surface area (Å²) in [6.07, 6.45) is 2.59. The summed E-state index contributed by atoms with van der Waals surface area (Å²) < 4.78 is 27.8. The molecule has 2 unspecified atom stereocenters. The van der Waals surface area contributed by atoms with Gasteiger partial charge in [0.05, 0.1) is 12.2 Å². The molecule has 0 aliphatic rings. The van der Waals surface area contributed by atoms with Crippen LogP contribution in [0.2, 0.25) is 0 Å². The molecule has 0 bridgehead atoms. The number of hydrogen-bond acceptors (Lipinski definition) is 5. The summed E-state index contributed by atoms with van der Waals surface area (Å²) in [6, 6.07) is -1.04. The van der Waals surface area contributed by atoms with Crippen molar-refractivity contribution in [1.82, 2.24) is 19.4 Å². The molecule has 0 radical (unpaired) electrons. The van der Waals surface area contributed by atoms with Crippen LogP contribution in [-0.4, -0.2) is 54.7 Å². The predicted octanol–water partition coefficient (Wildman–Crippen LogP) is -1.11. The zero-order chi connectivity index (χ0) is 15.5. The average molecular weight is 303 g/mol. The lowest BCUT2D eigenvalue weighted by atomic mass is 10.2. The molecule has 8 nitrogen and oxygen atoms in total. The molecule has 1 aromatic heterocycles. The minimum Gasteiger partial charge on any atom is -0.340 e. The van der Waals surface area contributed by atoms with Gasteiger partial charge in [-0.1, -0.05) is 0 Å². The van der Waals surface area contributed by atoms with Gasteiger partial charge in [-0.3, -0.25) is 9.48 Å². The van der Waals surface area contributed by atoms with E-state index in [1.807, 2.05) is 0 Å². The Balaban J connectivity index is 2.80. The first-order chi connectivity index (χ1) is 9.19. The molecule has 114 valence electrons. The Morgan fingerprint density at radius 1 is 1.55 bits per heavy atom. The van der Waals surface area contributed by atoms with E-state index in [1.54, 1.807) is 21.0 Å². The maximum Gasteiger partial charge on any atom is 0.244 e. The largest absolute Gasteiger partial charge is 0.340 e. The summed E-state index contributed by atoms with van der Waals surface area (Å²) in [4.78, 5) is 13.5. The Hall–Kier alpha value is -1.45. The number of hydrogen-bond donors (Lipinski definition) is 2. The van der Waals surface area contributed by atoms with Crippen molar-refractivity contribution < 1.29 is 13.2 Å². The maximum absolute atomic E-state index is 12.1. The second-order valence-electron chi connectivity index (χ2n) is 4.73. The number of likely N-dealkylation sites (N-methyl/N-ethyl adjacent to an activating group) is 1. The molecule has 0 aliphatic carbocycles. The summed E-state index contributed by atoms with van der Waals surface area (Å²) in [5.41, 5.74) is 5.49. The van der Waals surface area contributed by atoms with Crippen LogP contribution in [-0.2, 0) is 21.9 Å². The van der Waals surface area contributed by atoms with Gasteiger partial charge < -0.3 is 10.6 Å². The van der Waals surface area contributed by atoms with Crippen molar-refractivity contribution >= 4 is 15.9 Å². The standard InChI is InChI=1S/C11H21N5O3S/c1-8(5-12)16(4)11(17)9(2)14-20(18,19)10-6-13-15(3)7-10/h6-9,14H,5,12H2,1-4H3. The molecule has 0 spiro atoms. The number of rotatable bonds is 6. The Morgan fingerprint density at radius 2 is 2.15 bits per heavy atom. The number of carbonyl (C=O) groups is 1. The first-order valence-corrected chi connectivity index (χ1v) is 7.65. The topological polar surface area (TPSA) is 110 Å². The first kappa shape index (κ1) is 16.6. The predicted molar refractivity (Wildman–Crippen MR) is 74.3 cm³/mol. The highest BCUT2D eigenvalue weighted by atomic mass is 32.2. The molecule has 0 saturated heterocycles. The lowest BCUT2D eigenvalue weighted by molar-refractivity contribution is -0.132. The van der Waals surface area contributed by atoms with Gasteiger partial charge in [-0.15, -0.1) is 0 Å². The third-order valence-corrected chi connectivity index (χ3v) is 4.54. The molecule has 0 fully saturated rings. The van der Waals surface area contributed by atoms with E-state index in [0.29, 0.717) is 6.54 Å². The van der Waals surface area contributed by atoms with Crippen LogP contribution in [0.5, 0.6) is 0 Å². The number of nitrogens with two attached hydrogens (primary N) is 1. The fraction of sp³-hybridized carbons (Fsp3) is 0.636. The summed E-state index contributed by atoms with van der Waals surface area (Å²) >= 11 is 0. The number of carbonyl (C=O) groups excluding carboxylic acids is 1. The number of nitrogens with zero attached hydrogens (tertiary/aromatic N) is 3. The monoisotopic (exact) mass is 303 g/mol. The average Bonchev–Trinajstić information content (AvgIpc) is 2.83. The quantitative estimate of drug-likeness (QED) is 0.692. The van der Waals surface area contributed by atoms with Crippen molar-refractivity contribution in [2.45, 2.75) is 30.8 Å². The molecular weight excluding hydrogens is 282 g/mol. The molecule has 20 heavy (non-hydrogen) atoms. The van der Waals surface area contributed by atoms with Gasteiger partial charge >= 0.3 is 0 Å². The molecule has 2 atom stereocenters. The highest BCUT2D eigenvalue weighted by Gasteiger charge is 2.26. The zero-order valence-electron chi connectivity index (χ0n) is 12.1. The zero-order valence-corrected chi connectivity index (χ0v) is 12.9. The highest BCUT2D eigenvalue weighted by molar-refractivity contribution is 7.89. The molecule has 1 amide bonds. The number of aryl methyl sites for hydroxylation is 1. The SMILES string of the molecule is CC(NS(=O)(=O)c1cnn(C)c1)C(=O)N(C)C(C)CN. The van der Waals surface area contributed by atoms with E-state index >= 15 is 0 Å². The number of aromatic nitrogens is 2. The van der Waals surface area contributed by atoms with E-state index in [4.69, 9.17) is 5.73 Å². The molecule has 0 saturated carbocycles. The minimum absolute atomic E-state index is 0.0224. The third-order valence-electron chi connectivity index (χ3n) is 3.04. The Labute approximate surface area is 119 Å². The maximum atomic E-state index is 12.1. The summed E-state index contributed by atoms with van der Waals surface area (Å²) in [7, 11) is -0.554. The van der Waals surface area contributed by atoms with Crippen LogP contribution in [0.4, 0.5) is 0 Å². The normalized spacial score (nSPS) is 14.8. The Kier molecular flexibility index (Phi) is 5.26. The van der Waals surface area contributed by atoms with Crippen LogP contribution in [0.3, 0.4) is 0 Å². The summed E-state index contributed by atoms with van der Waals surface area (Å²) in [5, 5.41) is 3.80. The van der Waals surface area contributed by atoms with Gasteiger partial charge in [-0.05, 0) is 13.8 Å². The van der Waals surface area contributed by atoms with Gasteiger partial charge in [0.25, 0.3) is 0 Å². The molecule has 1 aromatic rings. The van der Waals surface area contributed by atoms with Crippen molar-refractivity contribution in [1.29, 1.82) is 0 Å². The van der Waals surface area contributed by atoms with Gasteiger partial charge in [-0.2, -0.15) is 9.82 Å². The van der Waals surface area contributed by atoms with Crippen LogP contribution in [0.15, 0.2) is 17.3 Å². The highest BCUT2D eigenvalue weighted by Crippen LogP contribution is 2.08. The number of sulfonamides is 1. The molecule has 0 aliphatic heterocycles. The molecule has 1 rings (SSSR count). The van der Waals surface area contributed by atoms with E-state index in [9.17, 15) is 13.2 Å². The fourth-order valence-corrected chi connectivity index (χ4v) is 2.75. The molecule has 9 heteroatoms. The molecule has 1 heterocycles. The molecular formula is C11H21N5O3S. The Morgan fingerprint density at radius 3 is 2.60 bits per heavy atom. The third kappa shape index (κ3) is 3.78. The van der Waals surface area contributed by atoms with Gasteiger partial charge in [0.2, 0.25) is 15.9 Å². The van der Waals surface area contributed by atoms with Crippen molar-refractivity contribution in [2.24, 2.45) is 12.8 Å². The van der Waals surface area contributed by atoms with Crippen LogP contribution in [0, 0.1) is 0 Å². The minimum atomic E-state index is -3.76. The van der Waals surface area contributed by atoms with E-state index in [-0.39, 0.29) is 16.8 Å². The lowest BCUT2D eigenvalue weighted by Gasteiger charge is -2.26. The second-order valence-corrected chi connectivity index (χ2v) is 6.44. The summed E-state index contributed by atoms with van der Waals surface area (Å²) in [5.74, 6) is -0.338. The van der Waals surface area contributed by atoms with Crippen molar-refractivity contribution in [3.8, 4) is 0 Å². The van der Waals surface area contributed by atoms with E-state index in [2.05, 4.69) is 9.82 Å².